The molecule has 1 unspecified atom stereocenters. The monoisotopic (exact) mass is 310 g/mol. The minimum atomic E-state index is 0.591. The van der Waals surface area contributed by atoms with Gasteiger partial charge >= 0.3 is 0 Å². The van der Waals surface area contributed by atoms with Crippen LogP contribution < -0.4 is 10.6 Å². The topological polar surface area (TPSA) is 49.8 Å². The van der Waals surface area contributed by atoms with Crippen LogP contribution in [0.2, 0.25) is 0 Å². The van der Waals surface area contributed by atoms with Crippen LogP contribution in [-0.4, -0.2) is 45.6 Å². The zero-order valence-electron chi connectivity index (χ0n) is 11.9. The molecule has 4 nitrogen and oxygen atoms in total. The van der Waals surface area contributed by atoms with E-state index in [4.69, 9.17) is 0 Å². The molecule has 1 aromatic rings. The second kappa shape index (κ2) is 6.89. The summed E-state index contributed by atoms with van der Waals surface area (Å²) in [6.07, 6.45) is 2.48. The van der Waals surface area contributed by atoms with Gasteiger partial charge < -0.3 is 10.6 Å². The van der Waals surface area contributed by atoms with Gasteiger partial charge in [-0.05, 0) is 19.8 Å². The third kappa shape index (κ3) is 3.95. The average Bonchev–Trinajstić information content (AvgIpc) is 3.31. The molecule has 110 valence electrons. The lowest BCUT2D eigenvalue weighted by Crippen LogP contribution is -2.23. The van der Waals surface area contributed by atoms with E-state index in [0.717, 1.165) is 30.5 Å². The van der Waals surface area contributed by atoms with Crippen molar-refractivity contribution in [2.24, 2.45) is 0 Å². The molecule has 20 heavy (non-hydrogen) atoms. The number of hydrogen-bond donors (Lipinski definition) is 2. The first-order valence-corrected chi connectivity index (χ1v) is 9.61. The van der Waals surface area contributed by atoms with Crippen molar-refractivity contribution in [1.29, 1.82) is 0 Å². The standard InChI is InChI=1S/C14H22N4S2/c1-2-15-12-7-13(18-14(17-12)10-3-4-10)16-8-11-9-19-5-6-20-11/h7,10-11H,2-6,8-9H2,1H3,(H2,15,16,17,18). The summed E-state index contributed by atoms with van der Waals surface area (Å²) in [7, 11) is 0. The van der Waals surface area contributed by atoms with Crippen LogP contribution in [0.3, 0.4) is 0 Å². The highest BCUT2D eigenvalue weighted by molar-refractivity contribution is 8.06. The van der Waals surface area contributed by atoms with Crippen molar-refractivity contribution in [2.45, 2.75) is 30.9 Å². The third-order valence-corrected chi connectivity index (χ3v) is 6.28. The van der Waals surface area contributed by atoms with Gasteiger partial charge in [-0.15, -0.1) is 0 Å². The van der Waals surface area contributed by atoms with Gasteiger partial charge in [0.15, 0.2) is 0 Å². The molecule has 2 N–H and O–H groups in total. The van der Waals surface area contributed by atoms with Crippen LogP contribution >= 0.6 is 23.5 Å². The lowest BCUT2D eigenvalue weighted by Gasteiger charge is -2.21. The maximum absolute atomic E-state index is 4.68. The molecule has 0 spiro atoms. The SMILES string of the molecule is CCNc1cc(NCC2CSCCS2)nc(C2CC2)n1. The molecular formula is C14H22N4S2. The lowest BCUT2D eigenvalue weighted by molar-refractivity contribution is 0.911. The second-order valence-electron chi connectivity index (χ2n) is 5.25. The number of nitrogens with one attached hydrogen (secondary N) is 2. The summed E-state index contributed by atoms with van der Waals surface area (Å²) in [4.78, 5) is 9.29. The molecule has 6 heteroatoms. The maximum Gasteiger partial charge on any atom is 0.136 e. The van der Waals surface area contributed by atoms with Crippen molar-refractivity contribution in [2.75, 3.05) is 41.0 Å². The van der Waals surface area contributed by atoms with Crippen LogP contribution in [0.25, 0.3) is 0 Å². The molecule has 2 aliphatic rings. The summed E-state index contributed by atoms with van der Waals surface area (Å²) in [6, 6.07) is 2.04. The zero-order chi connectivity index (χ0) is 13.8. The molecule has 2 fully saturated rings. The molecule has 1 saturated heterocycles. The van der Waals surface area contributed by atoms with E-state index >= 15 is 0 Å². The molecule has 0 aromatic carbocycles. The van der Waals surface area contributed by atoms with E-state index in [2.05, 4.69) is 51.0 Å². The Kier molecular flexibility index (Phi) is 4.94. The Labute approximate surface area is 129 Å². The molecule has 1 atom stereocenters. The van der Waals surface area contributed by atoms with Crippen LogP contribution in [-0.2, 0) is 0 Å². The number of thioether (sulfide) groups is 2. The fraction of sp³-hybridized carbons (Fsp3) is 0.714. The predicted octanol–water partition coefficient (Wildman–Crippen LogP) is 3.05. The number of anilines is 2. The Morgan fingerprint density at radius 3 is 2.65 bits per heavy atom. The van der Waals surface area contributed by atoms with E-state index in [1.54, 1.807) is 0 Å². The fourth-order valence-corrected chi connectivity index (χ4v) is 4.84. The van der Waals surface area contributed by atoms with E-state index in [1.807, 2.05) is 6.07 Å². The van der Waals surface area contributed by atoms with Gasteiger partial charge in [0, 0.05) is 47.6 Å². The van der Waals surface area contributed by atoms with Crippen molar-refractivity contribution in [3.63, 3.8) is 0 Å². The first kappa shape index (κ1) is 14.3. The van der Waals surface area contributed by atoms with Gasteiger partial charge in [0.2, 0.25) is 0 Å². The number of hydrogen-bond acceptors (Lipinski definition) is 6. The summed E-state index contributed by atoms with van der Waals surface area (Å²) in [5.41, 5.74) is 0. The van der Waals surface area contributed by atoms with E-state index in [1.165, 1.54) is 30.1 Å². The molecule has 1 aliphatic heterocycles. The summed E-state index contributed by atoms with van der Waals surface area (Å²) >= 11 is 4.14. The highest BCUT2D eigenvalue weighted by Gasteiger charge is 2.27. The minimum absolute atomic E-state index is 0.591. The normalized spacial score (nSPS) is 22.6. The molecule has 0 amide bonds. The summed E-state index contributed by atoms with van der Waals surface area (Å²) in [6.45, 7) is 4.00. The van der Waals surface area contributed by atoms with Gasteiger partial charge in [-0.3, -0.25) is 0 Å². The average molecular weight is 310 g/mol. The van der Waals surface area contributed by atoms with E-state index < -0.39 is 0 Å². The Morgan fingerprint density at radius 1 is 1.20 bits per heavy atom. The molecular weight excluding hydrogens is 288 g/mol. The van der Waals surface area contributed by atoms with Gasteiger partial charge in [-0.25, -0.2) is 9.97 Å². The van der Waals surface area contributed by atoms with Crippen LogP contribution in [0.5, 0.6) is 0 Å². The van der Waals surface area contributed by atoms with Crippen LogP contribution in [0, 0.1) is 0 Å². The van der Waals surface area contributed by atoms with Crippen molar-refractivity contribution in [1.82, 2.24) is 9.97 Å². The first-order valence-electron chi connectivity index (χ1n) is 7.41. The van der Waals surface area contributed by atoms with Crippen molar-refractivity contribution in [3.8, 4) is 0 Å². The van der Waals surface area contributed by atoms with Crippen LogP contribution in [0.1, 0.15) is 31.5 Å². The fourth-order valence-electron chi connectivity index (χ4n) is 2.23. The van der Waals surface area contributed by atoms with Gasteiger partial charge in [0.1, 0.15) is 17.5 Å². The molecule has 0 bridgehead atoms. The third-order valence-electron chi connectivity index (χ3n) is 3.44. The minimum Gasteiger partial charge on any atom is -0.370 e. The smallest absolute Gasteiger partial charge is 0.136 e. The molecule has 1 aromatic heterocycles. The van der Waals surface area contributed by atoms with E-state index in [-0.39, 0.29) is 0 Å². The zero-order valence-corrected chi connectivity index (χ0v) is 13.5. The maximum atomic E-state index is 4.68. The highest BCUT2D eigenvalue weighted by Crippen LogP contribution is 2.38. The van der Waals surface area contributed by atoms with Gasteiger partial charge in [-0.1, -0.05) is 0 Å². The van der Waals surface area contributed by atoms with Crippen LogP contribution in [0.15, 0.2) is 6.07 Å². The Balaban J connectivity index is 1.64. The highest BCUT2D eigenvalue weighted by atomic mass is 32.2. The Morgan fingerprint density at radius 2 is 2.00 bits per heavy atom. The molecule has 3 rings (SSSR count). The van der Waals surface area contributed by atoms with Gasteiger partial charge in [0.05, 0.1) is 0 Å². The summed E-state index contributed by atoms with van der Waals surface area (Å²) in [5, 5.41) is 7.52. The summed E-state index contributed by atoms with van der Waals surface area (Å²) < 4.78 is 0. The second-order valence-corrected chi connectivity index (χ2v) is 7.81. The summed E-state index contributed by atoms with van der Waals surface area (Å²) in [5.74, 6) is 7.36. The van der Waals surface area contributed by atoms with E-state index in [9.17, 15) is 0 Å². The number of rotatable bonds is 6. The molecule has 2 heterocycles. The van der Waals surface area contributed by atoms with Crippen molar-refractivity contribution >= 4 is 35.2 Å². The first-order chi connectivity index (χ1) is 9.85. The van der Waals surface area contributed by atoms with E-state index in [0.29, 0.717) is 11.2 Å². The Bertz CT molecular complexity index is 445. The quantitative estimate of drug-likeness (QED) is 0.842. The molecule has 1 saturated carbocycles. The lowest BCUT2D eigenvalue weighted by atomic mass is 10.3. The van der Waals surface area contributed by atoms with Crippen molar-refractivity contribution in [3.05, 3.63) is 11.9 Å². The van der Waals surface area contributed by atoms with Gasteiger partial charge in [-0.2, -0.15) is 23.5 Å². The number of aromatic nitrogens is 2. The predicted molar refractivity (Wildman–Crippen MR) is 90.2 cm³/mol. The number of nitrogens with zero attached hydrogens (tertiary/aromatic N) is 2. The molecule has 0 radical (unpaired) electrons. The molecule has 1 aliphatic carbocycles. The Hall–Kier alpha value is -0.620. The van der Waals surface area contributed by atoms with Gasteiger partial charge in [0.25, 0.3) is 0 Å². The largest absolute Gasteiger partial charge is 0.370 e. The van der Waals surface area contributed by atoms with Crippen molar-refractivity contribution < 1.29 is 0 Å². The van der Waals surface area contributed by atoms with Crippen LogP contribution in [0.4, 0.5) is 11.6 Å².